The maximum atomic E-state index is 11.6. The number of nitrogens with one attached hydrogen (secondary N) is 1. The predicted octanol–water partition coefficient (Wildman–Crippen LogP) is 2.76. The summed E-state index contributed by atoms with van der Waals surface area (Å²) < 4.78 is 23.2. The lowest BCUT2D eigenvalue weighted by atomic mass is 9.93. The third-order valence-electron chi connectivity index (χ3n) is 4.00. The molecule has 0 radical (unpaired) electrons. The molecule has 0 unspecified atom stereocenters. The SMILES string of the molecule is CCCS(=O)(=O)CCN[C@@H](C)C1CCCCCC1. The second kappa shape index (κ2) is 8.16. The van der Waals surface area contributed by atoms with E-state index in [9.17, 15) is 8.42 Å². The van der Waals surface area contributed by atoms with E-state index < -0.39 is 9.84 Å². The molecular weight excluding hydrogens is 246 g/mol. The quantitative estimate of drug-likeness (QED) is 0.727. The molecule has 1 rings (SSSR count). The molecule has 1 N–H and O–H groups in total. The van der Waals surface area contributed by atoms with Crippen LogP contribution in [0.15, 0.2) is 0 Å². The molecule has 1 saturated carbocycles. The minimum absolute atomic E-state index is 0.290. The summed E-state index contributed by atoms with van der Waals surface area (Å²) in [7, 11) is -2.83. The van der Waals surface area contributed by atoms with E-state index in [1.165, 1.54) is 38.5 Å². The lowest BCUT2D eigenvalue weighted by Gasteiger charge is -2.23. The first-order valence-corrected chi connectivity index (χ1v) is 9.31. The second-order valence-corrected chi connectivity index (χ2v) is 7.95. The summed E-state index contributed by atoms with van der Waals surface area (Å²) >= 11 is 0. The predicted molar refractivity (Wildman–Crippen MR) is 77.6 cm³/mol. The lowest BCUT2D eigenvalue weighted by Crippen LogP contribution is -2.36. The topological polar surface area (TPSA) is 46.2 Å². The molecule has 0 bridgehead atoms. The van der Waals surface area contributed by atoms with Crippen molar-refractivity contribution in [1.29, 1.82) is 0 Å². The van der Waals surface area contributed by atoms with E-state index in [0.717, 1.165) is 12.3 Å². The van der Waals surface area contributed by atoms with Crippen LogP contribution in [0.4, 0.5) is 0 Å². The molecule has 1 aliphatic rings. The van der Waals surface area contributed by atoms with E-state index in [0.29, 0.717) is 18.3 Å². The Labute approximate surface area is 113 Å². The molecule has 0 aromatic heterocycles. The summed E-state index contributed by atoms with van der Waals surface area (Å²) in [5.41, 5.74) is 0. The second-order valence-electron chi connectivity index (χ2n) is 5.65. The van der Waals surface area contributed by atoms with Gasteiger partial charge in [-0.3, -0.25) is 0 Å². The third kappa shape index (κ3) is 6.19. The normalized spacial score (nSPS) is 20.6. The molecule has 0 aromatic rings. The van der Waals surface area contributed by atoms with E-state index in [4.69, 9.17) is 0 Å². The fourth-order valence-corrected chi connectivity index (χ4v) is 4.09. The molecular formula is C14H29NO2S. The van der Waals surface area contributed by atoms with Gasteiger partial charge in [0.15, 0.2) is 9.84 Å². The molecule has 0 spiro atoms. The Balaban J connectivity index is 2.25. The van der Waals surface area contributed by atoms with Crippen LogP contribution < -0.4 is 5.32 Å². The van der Waals surface area contributed by atoms with Gasteiger partial charge in [0, 0.05) is 18.3 Å². The van der Waals surface area contributed by atoms with Crippen molar-refractivity contribution in [2.75, 3.05) is 18.1 Å². The highest BCUT2D eigenvalue weighted by atomic mass is 32.2. The summed E-state index contributed by atoms with van der Waals surface area (Å²) in [4.78, 5) is 0. The Hall–Kier alpha value is -0.0900. The molecule has 108 valence electrons. The molecule has 1 aliphatic carbocycles. The molecule has 0 aromatic carbocycles. The van der Waals surface area contributed by atoms with E-state index in [2.05, 4.69) is 12.2 Å². The summed E-state index contributed by atoms with van der Waals surface area (Å²) in [6.07, 6.45) is 8.74. The third-order valence-corrected chi connectivity index (χ3v) is 5.86. The summed E-state index contributed by atoms with van der Waals surface area (Å²) in [6, 6.07) is 0.458. The van der Waals surface area contributed by atoms with E-state index in [-0.39, 0.29) is 5.75 Å². The maximum absolute atomic E-state index is 11.6. The van der Waals surface area contributed by atoms with Crippen molar-refractivity contribution >= 4 is 9.84 Å². The molecule has 3 nitrogen and oxygen atoms in total. The first kappa shape index (κ1) is 16.0. The van der Waals surface area contributed by atoms with E-state index in [1.54, 1.807) is 0 Å². The van der Waals surface area contributed by atoms with Crippen molar-refractivity contribution in [3.05, 3.63) is 0 Å². The van der Waals surface area contributed by atoms with Crippen molar-refractivity contribution in [1.82, 2.24) is 5.32 Å². The highest BCUT2D eigenvalue weighted by Crippen LogP contribution is 2.25. The van der Waals surface area contributed by atoms with Crippen molar-refractivity contribution in [3.8, 4) is 0 Å². The van der Waals surface area contributed by atoms with Gasteiger partial charge >= 0.3 is 0 Å². The maximum Gasteiger partial charge on any atom is 0.151 e. The summed E-state index contributed by atoms with van der Waals surface area (Å²) in [6.45, 7) is 4.74. The molecule has 0 amide bonds. The molecule has 0 saturated heterocycles. The zero-order valence-electron chi connectivity index (χ0n) is 12.0. The van der Waals surface area contributed by atoms with E-state index >= 15 is 0 Å². The average Bonchev–Trinajstić information content (AvgIpc) is 2.56. The minimum Gasteiger partial charge on any atom is -0.313 e. The fraction of sp³-hybridized carbons (Fsp3) is 1.00. The Morgan fingerprint density at radius 1 is 1.11 bits per heavy atom. The largest absolute Gasteiger partial charge is 0.313 e. The number of rotatable bonds is 7. The van der Waals surface area contributed by atoms with Gasteiger partial charge in [0.25, 0.3) is 0 Å². The fourth-order valence-electron chi connectivity index (χ4n) is 2.83. The smallest absolute Gasteiger partial charge is 0.151 e. The van der Waals surface area contributed by atoms with Crippen LogP contribution in [0.5, 0.6) is 0 Å². The standard InChI is InChI=1S/C14H29NO2S/c1-3-11-18(16,17)12-10-15-13(2)14-8-6-4-5-7-9-14/h13-15H,3-12H2,1-2H3/t13-/m0/s1. The molecule has 0 heterocycles. The lowest BCUT2D eigenvalue weighted by molar-refractivity contribution is 0.343. The first-order valence-electron chi connectivity index (χ1n) is 7.49. The van der Waals surface area contributed by atoms with Crippen LogP contribution in [-0.2, 0) is 9.84 Å². The van der Waals surface area contributed by atoms with Crippen molar-refractivity contribution in [2.45, 2.75) is 64.8 Å². The summed E-state index contributed by atoms with van der Waals surface area (Å²) in [5, 5.41) is 3.42. The monoisotopic (exact) mass is 275 g/mol. The van der Waals surface area contributed by atoms with Gasteiger partial charge in [0.1, 0.15) is 0 Å². The summed E-state index contributed by atoms with van der Waals surface area (Å²) in [5.74, 6) is 1.35. The molecule has 18 heavy (non-hydrogen) atoms. The Morgan fingerprint density at radius 2 is 1.72 bits per heavy atom. The van der Waals surface area contributed by atoms with Gasteiger partial charge in [-0.2, -0.15) is 0 Å². The molecule has 1 fully saturated rings. The van der Waals surface area contributed by atoms with Crippen LogP contribution in [0.25, 0.3) is 0 Å². The van der Waals surface area contributed by atoms with Gasteiger partial charge < -0.3 is 5.32 Å². The zero-order valence-corrected chi connectivity index (χ0v) is 12.8. The van der Waals surface area contributed by atoms with Gasteiger partial charge in [0.2, 0.25) is 0 Å². The van der Waals surface area contributed by atoms with Crippen molar-refractivity contribution in [2.24, 2.45) is 5.92 Å². The zero-order chi connectivity index (χ0) is 13.4. The van der Waals surface area contributed by atoms with Gasteiger partial charge in [-0.1, -0.05) is 32.6 Å². The molecule has 0 aliphatic heterocycles. The number of sulfone groups is 1. The van der Waals surface area contributed by atoms with Crippen LogP contribution >= 0.6 is 0 Å². The van der Waals surface area contributed by atoms with Gasteiger partial charge in [-0.05, 0) is 32.1 Å². The van der Waals surface area contributed by atoms with Crippen LogP contribution in [0.1, 0.15) is 58.8 Å². The average molecular weight is 275 g/mol. The number of hydrogen-bond donors (Lipinski definition) is 1. The minimum atomic E-state index is -2.83. The van der Waals surface area contributed by atoms with Crippen LogP contribution in [0.3, 0.4) is 0 Å². The van der Waals surface area contributed by atoms with Crippen LogP contribution in [-0.4, -0.2) is 32.5 Å². The van der Waals surface area contributed by atoms with E-state index in [1.807, 2.05) is 6.92 Å². The first-order chi connectivity index (χ1) is 8.55. The van der Waals surface area contributed by atoms with Crippen LogP contribution in [0.2, 0.25) is 0 Å². The van der Waals surface area contributed by atoms with Crippen molar-refractivity contribution in [3.63, 3.8) is 0 Å². The Kier molecular flexibility index (Phi) is 7.23. The van der Waals surface area contributed by atoms with Gasteiger partial charge in [-0.15, -0.1) is 0 Å². The number of hydrogen-bond acceptors (Lipinski definition) is 3. The van der Waals surface area contributed by atoms with Gasteiger partial charge in [-0.25, -0.2) is 8.42 Å². The molecule has 4 heteroatoms. The molecule has 1 atom stereocenters. The Morgan fingerprint density at radius 3 is 2.28 bits per heavy atom. The highest BCUT2D eigenvalue weighted by Gasteiger charge is 2.19. The van der Waals surface area contributed by atoms with Crippen LogP contribution in [0, 0.1) is 5.92 Å². The Bertz CT molecular complexity index is 306. The highest BCUT2D eigenvalue weighted by molar-refractivity contribution is 7.91. The van der Waals surface area contributed by atoms with Crippen molar-refractivity contribution < 1.29 is 8.42 Å². The van der Waals surface area contributed by atoms with Gasteiger partial charge in [0.05, 0.1) is 5.75 Å².